The molecule has 8 nitrogen and oxygen atoms in total. The SMILES string of the molecule is CCCCCCCCCC(=O)[O-].CCCCCCCCCC(=O)[O-].CCCCCCCCCC(=O)[O-].CCCCCCCCCC(=O)[O-].[Pb]. The van der Waals surface area contributed by atoms with Crippen LogP contribution in [0.1, 0.15) is 233 Å². The molecule has 0 saturated carbocycles. The van der Waals surface area contributed by atoms with Gasteiger partial charge in [0.05, 0.1) is 0 Å². The fourth-order valence-corrected chi connectivity index (χ4v) is 4.91. The van der Waals surface area contributed by atoms with E-state index in [2.05, 4.69) is 27.7 Å². The summed E-state index contributed by atoms with van der Waals surface area (Å²) in [5.74, 6) is -3.65. The number of carboxylic acids is 4. The van der Waals surface area contributed by atoms with Crippen LogP contribution in [0.2, 0.25) is 0 Å². The van der Waals surface area contributed by atoms with Crippen LogP contribution in [0.3, 0.4) is 0 Å². The molecular formula is C40H76O8Pb-4. The molecule has 0 amide bonds. The molecule has 0 aromatic carbocycles. The predicted molar refractivity (Wildman–Crippen MR) is 196 cm³/mol. The zero-order chi connectivity index (χ0) is 36.9. The van der Waals surface area contributed by atoms with E-state index in [9.17, 15) is 39.6 Å². The number of unbranched alkanes of at least 4 members (excludes halogenated alkanes) is 24. The van der Waals surface area contributed by atoms with Gasteiger partial charge in [0.2, 0.25) is 0 Å². The van der Waals surface area contributed by atoms with Crippen LogP contribution in [0, 0.1) is 0 Å². The molecule has 0 aliphatic carbocycles. The first-order valence-corrected chi connectivity index (χ1v) is 19.9. The van der Waals surface area contributed by atoms with Crippen molar-refractivity contribution in [2.45, 2.75) is 233 Å². The van der Waals surface area contributed by atoms with Crippen LogP contribution >= 0.6 is 0 Å². The van der Waals surface area contributed by atoms with E-state index in [-0.39, 0.29) is 53.0 Å². The second kappa shape index (κ2) is 53.6. The van der Waals surface area contributed by atoms with E-state index >= 15 is 0 Å². The zero-order valence-corrected chi connectivity index (χ0v) is 36.3. The van der Waals surface area contributed by atoms with Crippen molar-refractivity contribution in [3.63, 3.8) is 0 Å². The summed E-state index contributed by atoms with van der Waals surface area (Å²) in [6.45, 7) is 8.76. The minimum absolute atomic E-state index is 0. The van der Waals surface area contributed by atoms with Gasteiger partial charge in [-0.1, -0.05) is 182 Å². The van der Waals surface area contributed by atoms with Crippen LogP contribution in [-0.2, 0) is 19.2 Å². The first-order chi connectivity index (χ1) is 23.1. The molecule has 0 rings (SSSR count). The summed E-state index contributed by atoms with van der Waals surface area (Å²) in [6, 6.07) is 0. The summed E-state index contributed by atoms with van der Waals surface area (Å²) in [5, 5.41) is 40.1. The average Bonchev–Trinajstić information content (AvgIpc) is 3.03. The van der Waals surface area contributed by atoms with Crippen molar-refractivity contribution in [1.29, 1.82) is 0 Å². The summed E-state index contributed by atoms with van der Waals surface area (Å²) in [6.07, 6.45) is 33.4. The molecule has 0 N–H and O–H groups in total. The molecule has 49 heavy (non-hydrogen) atoms. The second-order valence-corrected chi connectivity index (χ2v) is 13.0. The van der Waals surface area contributed by atoms with Gasteiger partial charge in [0.15, 0.2) is 0 Å². The van der Waals surface area contributed by atoms with Gasteiger partial charge in [0, 0.05) is 51.2 Å². The van der Waals surface area contributed by atoms with Crippen molar-refractivity contribution < 1.29 is 39.6 Å². The van der Waals surface area contributed by atoms with E-state index in [4.69, 9.17) is 0 Å². The van der Waals surface area contributed by atoms with E-state index in [1.165, 1.54) is 128 Å². The summed E-state index contributed by atoms with van der Waals surface area (Å²) in [5.41, 5.74) is 0. The molecule has 0 saturated heterocycles. The Kier molecular flexibility index (Phi) is 62.5. The maximum atomic E-state index is 10.0. The first-order valence-electron chi connectivity index (χ1n) is 19.9. The van der Waals surface area contributed by atoms with Gasteiger partial charge in [-0.2, -0.15) is 0 Å². The molecule has 0 aliphatic rings. The second-order valence-electron chi connectivity index (χ2n) is 13.0. The summed E-state index contributed by atoms with van der Waals surface area (Å²) >= 11 is 0. The number of aliphatic carboxylic acids is 4. The molecule has 0 heterocycles. The van der Waals surface area contributed by atoms with Crippen molar-refractivity contribution in [2.75, 3.05) is 0 Å². The maximum absolute atomic E-state index is 10.0. The topological polar surface area (TPSA) is 161 Å². The number of hydrogen-bond acceptors (Lipinski definition) is 8. The monoisotopic (exact) mass is 893 g/mol. The Morgan fingerprint density at radius 3 is 0.510 bits per heavy atom. The van der Waals surface area contributed by atoms with Crippen molar-refractivity contribution in [3.8, 4) is 0 Å². The number of carboxylic acid groups (broad SMARTS) is 4. The van der Waals surface area contributed by atoms with Crippen LogP contribution in [0.4, 0.5) is 0 Å². The third-order valence-corrected chi connectivity index (χ3v) is 7.94. The van der Waals surface area contributed by atoms with Gasteiger partial charge in [0.1, 0.15) is 0 Å². The van der Waals surface area contributed by atoms with Gasteiger partial charge in [-0.15, -0.1) is 0 Å². The molecular weight excluding hydrogens is 816 g/mol. The standard InChI is InChI=1S/4C10H20O2.Pb/c4*1-2-3-4-5-6-7-8-9-10(11)12;/h4*2-9H2,1H3,(H,11,12);/p-4. The Labute approximate surface area is 322 Å². The molecule has 0 aliphatic heterocycles. The fourth-order valence-electron chi connectivity index (χ4n) is 4.91. The minimum atomic E-state index is -0.913. The summed E-state index contributed by atoms with van der Waals surface area (Å²) < 4.78 is 0. The number of rotatable bonds is 32. The normalized spacial score (nSPS) is 9.88. The smallest absolute Gasteiger partial charge is 0.0414 e. The van der Waals surface area contributed by atoms with Gasteiger partial charge in [-0.3, -0.25) is 0 Å². The van der Waals surface area contributed by atoms with Crippen molar-refractivity contribution >= 4 is 51.2 Å². The van der Waals surface area contributed by atoms with Gasteiger partial charge in [-0.05, 0) is 51.4 Å². The van der Waals surface area contributed by atoms with Crippen LogP contribution < -0.4 is 20.4 Å². The molecule has 0 unspecified atom stereocenters. The van der Waals surface area contributed by atoms with Crippen molar-refractivity contribution in [2.24, 2.45) is 0 Å². The molecule has 0 spiro atoms. The molecule has 4 radical (unpaired) electrons. The Bertz CT molecular complexity index is 561. The van der Waals surface area contributed by atoms with Crippen molar-refractivity contribution in [3.05, 3.63) is 0 Å². The van der Waals surface area contributed by atoms with E-state index in [0.717, 1.165) is 51.4 Å². The van der Waals surface area contributed by atoms with Gasteiger partial charge >= 0.3 is 0 Å². The zero-order valence-electron chi connectivity index (χ0n) is 32.4. The largest absolute Gasteiger partial charge is 0.550 e. The van der Waals surface area contributed by atoms with Gasteiger partial charge < -0.3 is 39.6 Å². The number of carbonyl (C=O) groups is 4. The molecule has 9 heteroatoms. The van der Waals surface area contributed by atoms with Crippen molar-refractivity contribution in [1.82, 2.24) is 0 Å². The maximum Gasteiger partial charge on any atom is 0.0414 e. The van der Waals surface area contributed by atoms with Crippen LogP contribution in [0.15, 0.2) is 0 Å². The third kappa shape index (κ3) is 77.6. The Morgan fingerprint density at radius 1 is 0.265 bits per heavy atom. The average molecular weight is 892 g/mol. The Balaban J connectivity index is -0.000000174. The van der Waals surface area contributed by atoms with Crippen LogP contribution in [0.5, 0.6) is 0 Å². The molecule has 0 atom stereocenters. The van der Waals surface area contributed by atoms with E-state index < -0.39 is 23.9 Å². The first kappa shape index (κ1) is 57.2. The summed E-state index contributed by atoms with van der Waals surface area (Å²) in [4.78, 5) is 40.1. The molecule has 0 aromatic rings. The molecule has 0 bridgehead atoms. The predicted octanol–water partition coefficient (Wildman–Crippen LogP) is 7.13. The van der Waals surface area contributed by atoms with Gasteiger partial charge in [-0.25, -0.2) is 0 Å². The minimum Gasteiger partial charge on any atom is -0.550 e. The number of carbonyl (C=O) groups excluding carboxylic acids is 4. The Hall–Kier alpha value is -1.20. The van der Waals surface area contributed by atoms with E-state index in [1.54, 1.807) is 0 Å². The van der Waals surface area contributed by atoms with E-state index in [0.29, 0.717) is 0 Å². The quantitative estimate of drug-likeness (QED) is 0.0510. The van der Waals surface area contributed by atoms with Crippen LogP contribution in [-0.4, -0.2) is 51.2 Å². The fraction of sp³-hybridized carbons (Fsp3) is 0.900. The van der Waals surface area contributed by atoms with E-state index in [1.807, 2.05) is 0 Å². The number of hydrogen-bond donors (Lipinski definition) is 0. The third-order valence-electron chi connectivity index (χ3n) is 7.94. The molecule has 292 valence electrons. The van der Waals surface area contributed by atoms with Crippen LogP contribution in [0.25, 0.3) is 0 Å². The molecule has 0 fully saturated rings. The summed E-state index contributed by atoms with van der Waals surface area (Å²) in [7, 11) is 0. The molecule has 0 aromatic heterocycles. The van der Waals surface area contributed by atoms with Gasteiger partial charge in [0.25, 0.3) is 0 Å². The Morgan fingerprint density at radius 2 is 0.388 bits per heavy atom.